The number of benzene rings is 2. The Labute approximate surface area is 130 Å². The Kier molecular flexibility index (Phi) is 4.11. The molecule has 0 spiro atoms. The number of phenols is 1. The van der Waals surface area contributed by atoms with Crippen LogP contribution in [0.4, 0.5) is 0 Å². The summed E-state index contributed by atoms with van der Waals surface area (Å²) in [6.45, 7) is 3.52. The number of nitrogens with two attached hydrogens (primary N) is 1. The van der Waals surface area contributed by atoms with Gasteiger partial charge in [0.2, 0.25) is 0 Å². The molecule has 1 atom stereocenters. The van der Waals surface area contributed by atoms with E-state index < -0.39 is 0 Å². The van der Waals surface area contributed by atoms with Crippen LogP contribution in [0.25, 0.3) is 11.0 Å². The Morgan fingerprint density at radius 2 is 2.00 bits per heavy atom. The van der Waals surface area contributed by atoms with Crippen molar-refractivity contribution in [2.75, 3.05) is 6.54 Å². The van der Waals surface area contributed by atoms with Gasteiger partial charge in [-0.2, -0.15) is 0 Å². The van der Waals surface area contributed by atoms with Gasteiger partial charge in [-0.1, -0.05) is 24.3 Å². The number of nitrogens with zero attached hydrogens (tertiary/aromatic N) is 2. The Hall–Kier alpha value is -2.33. The Morgan fingerprint density at radius 1 is 1.18 bits per heavy atom. The maximum atomic E-state index is 9.63. The highest BCUT2D eigenvalue weighted by Gasteiger charge is 2.19. The molecule has 0 aliphatic rings. The van der Waals surface area contributed by atoms with Crippen LogP contribution < -0.4 is 5.73 Å². The van der Waals surface area contributed by atoms with Crippen LogP contribution in [0.15, 0.2) is 48.5 Å². The van der Waals surface area contributed by atoms with Crippen molar-refractivity contribution < 1.29 is 5.11 Å². The molecule has 1 unspecified atom stereocenters. The molecule has 0 saturated carbocycles. The van der Waals surface area contributed by atoms with Crippen molar-refractivity contribution in [2.24, 2.45) is 5.73 Å². The van der Waals surface area contributed by atoms with E-state index in [1.165, 1.54) is 0 Å². The molecule has 0 amide bonds. The molecule has 3 rings (SSSR count). The zero-order valence-electron chi connectivity index (χ0n) is 12.7. The van der Waals surface area contributed by atoms with E-state index in [0.29, 0.717) is 6.54 Å². The van der Waals surface area contributed by atoms with Crippen LogP contribution in [0.5, 0.6) is 5.75 Å². The lowest BCUT2D eigenvalue weighted by atomic mass is 9.98. The number of imidazole rings is 1. The highest BCUT2D eigenvalue weighted by Crippen LogP contribution is 2.25. The summed E-state index contributed by atoms with van der Waals surface area (Å²) in [7, 11) is 0. The first-order chi connectivity index (χ1) is 10.7. The first kappa shape index (κ1) is 14.6. The maximum absolute atomic E-state index is 9.63. The van der Waals surface area contributed by atoms with Gasteiger partial charge in [0.1, 0.15) is 11.6 Å². The second-order valence-electron chi connectivity index (χ2n) is 5.51. The monoisotopic (exact) mass is 295 g/mol. The van der Waals surface area contributed by atoms with Crippen molar-refractivity contribution in [3.63, 3.8) is 0 Å². The van der Waals surface area contributed by atoms with Crippen molar-refractivity contribution in [1.82, 2.24) is 9.55 Å². The van der Waals surface area contributed by atoms with Crippen LogP contribution in [-0.2, 0) is 13.0 Å². The molecule has 114 valence electrons. The summed E-state index contributed by atoms with van der Waals surface area (Å²) in [5.74, 6) is 1.45. The van der Waals surface area contributed by atoms with Crippen LogP contribution in [0.3, 0.4) is 0 Å². The number of aromatic hydroxyl groups is 1. The molecule has 1 aromatic heterocycles. The van der Waals surface area contributed by atoms with Crippen LogP contribution in [0, 0.1) is 0 Å². The highest BCUT2D eigenvalue weighted by molar-refractivity contribution is 5.76. The molecule has 0 bridgehead atoms. The van der Waals surface area contributed by atoms with Gasteiger partial charge in [-0.3, -0.25) is 0 Å². The summed E-state index contributed by atoms with van der Waals surface area (Å²) >= 11 is 0. The zero-order valence-corrected chi connectivity index (χ0v) is 12.7. The summed E-state index contributed by atoms with van der Waals surface area (Å²) in [4.78, 5) is 4.79. The number of para-hydroxylation sites is 2. The Bertz CT molecular complexity index is 779. The molecule has 0 aliphatic heterocycles. The topological polar surface area (TPSA) is 64.1 Å². The molecular formula is C18H21N3O. The quantitative estimate of drug-likeness (QED) is 0.760. The van der Waals surface area contributed by atoms with Gasteiger partial charge >= 0.3 is 0 Å². The van der Waals surface area contributed by atoms with Crippen LogP contribution >= 0.6 is 0 Å². The van der Waals surface area contributed by atoms with E-state index in [0.717, 1.165) is 35.4 Å². The van der Waals surface area contributed by atoms with E-state index in [2.05, 4.69) is 17.6 Å². The van der Waals surface area contributed by atoms with Crippen molar-refractivity contribution >= 4 is 11.0 Å². The van der Waals surface area contributed by atoms with Gasteiger partial charge in [0.05, 0.1) is 11.0 Å². The molecule has 22 heavy (non-hydrogen) atoms. The molecule has 0 aliphatic carbocycles. The third-order valence-electron chi connectivity index (χ3n) is 4.04. The molecule has 3 N–H and O–H groups in total. The van der Waals surface area contributed by atoms with Crippen LogP contribution in [-0.4, -0.2) is 21.2 Å². The molecule has 1 heterocycles. The Balaban J connectivity index is 2.00. The largest absolute Gasteiger partial charge is 0.508 e. The number of hydrogen-bond donors (Lipinski definition) is 2. The molecule has 0 fully saturated rings. The minimum Gasteiger partial charge on any atom is -0.508 e. The lowest BCUT2D eigenvalue weighted by Crippen LogP contribution is -2.19. The van der Waals surface area contributed by atoms with E-state index in [9.17, 15) is 5.11 Å². The second kappa shape index (κ2) is 6.20. The fourth-order valence-electron chi connectivity index (χ4n) is 2.99. The SMILES string of the molecule is CCn1c(C(CN)Cc2cccc(O)c2)nc2ccccc21. The van der Waals surface area contributed by atoms with Crippen LogP contribution in [0.1, 0.15) is 24.2 Å². The van der Waals surface area contributed by atoms with Crippen molar-refractivity contribution in [3.05, 3.63) is 59.9 Å². The third kappa shape index (κ3) is 2.70. The first-order valence-corrected chi connectivity index (χ1v) is 7.66. The number of fused-ring (bicyclic) bond motifs is 1. The minimum atomic E-state index is 0.133. The number of rotatable bonds is 5. The fraction of sp³-hybridized carbons (Fsp3) is 0.278. The summed E-state index contributed by atoms with van der Waals surface area (Å²) < 4.78 is 2.23. The molecule has 4 heteroatoms. The summed E-state index contributed by atoms with van der Waals surface area (Å²) in [5, 5.41) is 9.63. The summed E-state index contributed by atoms with van der Waals surface area (Å²) in [6, 6.07) is 15.5. The van der Waals surface area contributed by atoms with Crippen LogP contribution in [0.2, 0.25) is 0 Å². The normalized spacial score (nSPS) is 12.6. The van der Waals surface area contributed by atoms with Gasteiger partial charge in [-0.05, 0) is 43.2 Å². The van der Waals surface area contributed by atoms with Gasteiger partial charge in [0.25, 0.3) is 0 Å². The minimum absolute atomic E-state index is 0.133. The molecule has 0 saturated heterocycles. The fourth-order valence-corrected chi connectivity index (χ4v) is 2.99. The lowest BCUT2D eigenvalue weighted by Gasteiger charge is -2.16. The average Bonchev–Trinajstić information content (AvgIpc) is 2.91. The Morgan fingerprint density at radius 3 is 2.73 bits per heavy atom. The van der Waals surface area contributed by atoms with Crippen molar-refractivity contribution in [3.8, 4) is 5.75 Å². The first-order valence-electron chi connectivity index (χ1n) is 7.66. The van der Waals surface area contributed by atoms with Crippen molar-refractivity contribution in [2.45, 2.75) is 25.8 Å². The second-order valence-corrected chi connectivity index (χ2v) is 5.51. The van der Waals surface area contributed by atoms with Gasteiger partial charge in [-0.25, -0.2) is 4.98 Å². The van der Waals surface area contributed by atoms with Crippen molar-refractivity contribution in [1.29, 1.82) is 0 Å². The number of aryl methyl sites for hydroxylation is 1. The maximum Gasteiger partial charge on any atom is 0.115 e. The smallest absolute Gasteiger partial charge is 0.115 e. The van der Waals surface area contributed by atoms with E-state index in [1.54, 1.807) is 12.1 Å². The summed E-state index contributed by atoms with van der Waals surface area (Å²) in [6.07, 6.45) is 0.772. The molecule has 4 nitrogen and oxygen atoms in total. The van der Waals surface area contributed by atoms with E-state index in [4.69, 9.17) is 10.7 Å². The molecule has 0 radical (unpaired) electrons. The molecule has 3 aromatic rings. The predicted molar refractivity (Wildman–Crippen MR) is 89.0 cm³/mol. The van der Waals surface area contributed by atoms with E-state index in [1.807, 2.05) is 30.3 Å². The lowest BCUT2D eigenvalue weighted by molar-refractivity contribution is 0.474. The van der Waals surface area contributed by atoms with E-state index in [-0.39, 0.29) is 11.7 Å². The van der Waals surface area contributed by atoms with E-state index >= 15 is 0 Å². The molecule has 2 aromatic carbocycles. The standard InChI is InChI=1S/C18H21N3O/c1-2-21-17-9-4-3-8-16(17)20-18(21)14(12-19)10-13-6-5-7-15(22)11-13/h3-9,11,14,22H,2,10,12,19H2,1H3. The highest BCUT2D eigenvalue weighted by atomic mass is 16.3. The summed E-state index contributed by atoms with van der Waals surface area (Å²) in [5.41, 5.74) is 9.25. The van der Waals surface area contributed by atoms with Gasteiger partial charge in [-0.15, -0.1) is 0 Å². The van der Waals surface area contributed by atoms with Gasteiger partial charge in [0, 0.05) is 19.0 Å². The number of phenolic OH excluding ortho intramolecular Hbond substituents is 1. The zero-order chi connectivity index (χ0) is 15.5. The number of hydrogen-bond acceptors (Lipinski definition) is 3. The molecular weight excluding hydrogens is 274 g/mol. The predicted octanol–water partition coefficient (Wildman–Crippen LogP) is 3.05. The third-order valence-corrected chi connectivity index (χ3v) is 4.04. The van der Waals surface area contributed by atoms with Gasteiger partial charge in [0.15, 0.2) is 0 Å². The van der Waals surface area contributed by atoms with Gasteiger partial charge < -0.3 is 15.4 Å². The average molecular weight is 295 g/mol. The number of aromatic nitrogens is 2.